The van der Waals surface area contributed by atoms with Crippen LogP contribution < -0.4 is 0 Å². The molecular weight excluding hydrogens is 1270 g/mol. The quantitative estimate of drug-likeness (QED) is 0.0222. The number of carbonyl (C=O) groups is 4. The van der Waals surface area contributed by atoms with Crippen LogP contribution in [0, 0.1) is 5.92 Å². The molecular formula is C78H152O17P2. The Bertz CT molecular complexity index is 1860. The van der Waals surface area contributed by atoms with Crippen LogP contribution in [0.3, 0.4) is 0 Å². The molecule has 576 valence electrons. The van der Waals surface area contributed by atoms with Gasteiger partial charge in [0.15, 0.2) is 12.2 Å². The van der Waals surface area contributed by atoms with Gasteiger partial charge in [-0.05, 0) is 31.6 Å². The number of unbranched alkanes of at least 4 members (excludes halogenated alkanes) is 50. The highest BCUT2D eigenvalue weighted by Gasteiger charge is 2.30. The van der Waals surface area contributed by atoms with Gasteiger partial charge in [-0.1, -0.05) is 362 Å². The fourth-order valence-electron chi connectivity index (χ4n) is 12.1. The second-order valence-electron chi connectivity index (χ2n) is 28.6. The molecule has 0 aromatic heterocycles. The van der Waals surface area contributed by atoms with Gasteiger partial charge in [0.1, 0.15) is 19.3 Å². The van der Waals surface area contributed by atoms with Gasteiger partial charge in [0.05, 0.1) is 26.4 Å². The van der Waals surface area contributed by atoms with Crippen LogP contribution in [0.1, 0.15) is 413 Å². The molecule has 0 spiro atoms. The summed E-state index contributed by atoms with van der Waals surface area (Å²) in [5.41, 5.74) is 0. The van der Waals surface area contributed by atoms with Crippen molar-refractivity contribution >= 4 is 39.5 Å². The van der Waals surface area contributed by atoms with Gasteiger partial charge in [0.2, 0.25) is 0 Å². The molecule has 17 nitrogen and oxygen atoms in total. The summed E-state index contributed by atoms with van der Waals surface area (Å²) in [4.78, 5) is 72.9. The maximum absolute atomic E-state index is 13.1. The van der Waals surface area contributed by atoms with Crippen LogP contribution >= 0.6 is 15.6 Å². The summed E-state index contributed by atoms with van der Waals surface area (Å²) in [6, 6.07) is 0. The summed E-state index contributed by atoms with van der Waals surface area (Å²) in [5, 5.41) is 10.6. The van der Waals surface area contributed by atoms with E-state index in [1.54, 1.807) is 0 Å². The van der Waals surface area contributed by atoms with Gasteiger partial charge in [0, 0.05) is 25.7 Å². The van der Waals surface area contributed by atoms with Crippen LogP contribution in [0.15, 0.2) is 0 Å². The zero-order valence-corrected chi connectivity index (χ0v) is 65.0. The Hall–Kier alpha value is -1.94. The molecule has 0 aromatic carbocycles. The van der Waals surface area contributed by atoms with Crippen molar-refractivity contribution in [1.82, 2.24) is 0 Å². The number of hydrogen-bond donors (Lipinski definition) is 3. The second kappa shape index (κ2) is 71.1. The van der Waals surface area contributed by atoms with E-state index < -0.39 is 97.5 Å². The van der Waals surface area contributed by atoms with Crippen molar-refractivity contribution in [3.05, 3.63) is 0 Å². The number of aliphatic hydroxyl groups excluding tert-OH is 1. The highest BCUT2D eigenvalue weighted by Crippen LogP contribution is 2.45. The van der Waals surface area contributed by atoms with E-state index >= 15 is 0 Å². The van der Waals surface area contributed by atoms with E-state index in [-0.39, 0.29) is 25.7 Å². The minimum atomic E-state index is -4.96. The van der Waals surface area contributed by atoms with Crippen LogP contribution in [0.4, 0.5) is 0 Å². The third kappa shape index (κ3) is 72.2. The fourth-order valence-corrected chi connectivity index (χ4v) is 13.6. The second-order valence-corrected chi connectivity index (χ2v) is 31.5. The topological polar surface area (TPSA) is 237 Å². The number of carbonyl (C=O) groups excluding carboxylic acids is 4. The van der Waals surface area contributed by atoms with E-state index in [2.05, 4.69) is 34.6 Å². The third-order valence-corrected chi connectivity index (χ3v) is 20.2. The molecule has 2 unspecified atom stereocenters. The molecule has 19 heteroatoms. The average molecular weight is 1420 g/mol. The highest BCUT2D eigenvalue weighted by molar-refractivity contribution is 7.47. The summed E-state index contributed by atoms with van der Waals surface area (Å²) in [6.07, 6.45) is 60.9. The van der Waals surface area contributed by atoms with Gasteiger partial charge < -0.3 is 33.8 Å². The Labute approximate surface area is 594 Å². The molecule has 0 radical (unpaired) electrons. The van der Waals surface area contributed by atoms with Gasteiger partial charge in [0.25, 0.3) is 0 Å². The minimum absolute atomic E-state index is 0.108. The molecule has 0 fully saturated rings. The Morgan fingerprint density at radius 1 is 0.278 bits per heavy atom. The molecule has 0 aliphatic rings. The largest absolute Gasteiger partial charge is 0.472 e. The molecule has 0 saturated carbocycles. The van der Waals surface area contributed by atoms with Crippen molar-refractivity contribution in [1.29, 1.82) is 0 Å². The third-order valence-electron chi connectivity index (χ3n) is 18.3. The van der Waals surface area contributed by atoms with Crippen LogP contribution in [0.2, 0.25) is 0 Å². The molecule has 0 aromatic rings. The molecule has 0 aliphatic carbocycles. The molecule has 0 saturated heterocycles. The molecule has 0 bridgehead atoms. The van der Waals surface area contributed by atoms with Crippen LogP contribution in [-0.2, 0) is 65.4 Å². The van der Waals surface area contributed by atoms with Crippen LogP contribution in [0.25, 0.3) is 0 Å². The van der Waals surface area contributed by atoms with Crippen molar-refractivity contribution in [3.8, 4) is 0 Å². The first-order chi connectivity index (χ1) is 47.0. The summed E-state index contributed by atoms with van der Waals surface area (Å²) in [7, 11) is -9.91. The maximum atomic E-state index is 13.1. The van der Waals surface area contributed by atoms with Gasteiger partial charge in [-0.25, -0.2) is 9.13 Å². The molecule has 0 heterocycles. The average Bonchev–Trinajstić information content (AvgIpc) is 2.09. The predicted molar refractivity (Wildman–Crippen MR) is 395 cm³/mol. The van der Waals surface area contributed by atoms with E-state index in [1.807, 2.05) is 0 Å². The Morgan fingerprint density at radius 2 is 0.474 bits per heavy atom. The molecule has 0 aliphatic heterocycles. The maximum Gasteiger partial charge on any atom is 0.472 e. The monoisotopic (exact) mass is 1420 g/mol. The van der Waals surface area contributed by atoms with Crippen LogP contribution in [0.5, 0.6) is 0 Å². The molecule has 97 heavy (non-hydrogen) atoms. The summed E-state index contributed by atoms with van der Waals surface area (Å²) in [6.45, 7) is 7.32. The summed E-state index contributed by atoms with van der Waals surface area (Å²) >= 11 is 0. The van der Waals surface area contributed by atoms with E-state index in [0.717, 1.165) is 95.8 Å². The summed E-state index contributed by atoms with van der Waals surface area (Å²) in [5.74, 6) is -1.32. The van der Waals surface area contributed by atoms with E-state index in [4.69, 9.17) is 37.0 Å². The predicted octanol–water partition coefficient (Wildman–Crippen LogP) is 23.3. The number of rotatable bonds is 78. The lowest BCUT2D eigenvalue weighted by molar-refractivity contribution is -0.161. The van der Waals surface area contributed by atoms with Crippen molar-refractivity contribution in [2.24, 2.45) is 5.92 Å². The number of aliphatic hydroxyl groups is 1. The Kier molecular flexibility index (Phi) is 69.6. The van der Waals surface area contributed by atoms with E-state index in [9.17, 15) is 43.2 Å². The first-order valence-corrected chi connectivity index (χ1v) is 43.6. The van der Waals surface area contributed by atoms with Crippen molar-refractivity contribution in [3.63, 3.8) is 0 Å². The number of phosphoric acid groups is 2. The minimum Gasteiger partial charge on any atom is -0.462 e. The molecule has 5 atom stereocenters. The normalized spacial score (nSPS) is 13.9. The lowest BCUT2D eigenvalue weighted by atomic mass is 10.0. The van der Waals surface area contributed by atoms with Gasteiger partial charge in [-0.2, -0.15) is 0 Å². The SMILES string of the molecule is CCCCCCCCCCCCCCCCCCC(=O)OC[C@H](COP(=O)(O)OC[C@@H](O)COP(=O)(O)OC[C@@H](COC(=O)CCCCCCCCCCC)OC(=O)CCCCCCCCCCCCCCCCCC)OC(=O)CCCCCCCCCCCCCCCC(C)C. The number of esters is 4. The number of phosphoric ester groups is 2. The van der Waals surface area contributed by atoms with Crippen molar-refractivity contribution < 1.29 is 80.2 Å². The zero-order chi connectivity index (χ0) is 71.2. The molecule has 0 rings (SSSR count). The van der Waals surface area contributed by atoms with Crippen molar-refractivity contribution in [2.75, 3.05) is 39.6 Å². The van der Waals surface area contributed by atoms with Gasteiger partial charge >= 0.3 is 39.5 Å². The number of ether oxygens (including phenoxy) is 4. The number of hydrogen-bond acceptors (Lipinski definition) is 15. The van der Waals surface area contributed by atoms with Gasteiger partial charge in [-0.3, -0.25) is 37.3 Å². The standard InChI is InChI=1S/C78H152O17P2/c1-6-9-12-15-18-21-23-25-27-29-33-37-42-47-52-57-62-76(81)89-68-74(95-78(83)64-59-54-49-44-39-35-31-32-36-41-45-50-55-60-71(4)5)70-93-97(86,87)91-66-72(79)65-90-96(84,85)92-69-73(67-88-75(80)61-56-51-46-40-20-17-14-11-8-3)94-77(82)63-58-53-48-43-38-34-30-28-26-24-22-19-16-13-10-7-2/h71-74,79H,6-70H2,1-5H3,(H,84,85)(H,86,87)/t72-,73+,74+/m0/s1. The fraction of sp³-hybridized carbons (Fsp3) is 0.949. The highest BCUT2D eigenvalue weighted by atomic mass is 31.2. The first-order valence-electron chi connectivity index (χ1n) is 40.6. The zero-order valence-electron chi connectivity index (χ0n) is 63.2. The van der Waals surface area contributed by atoms with E-state index in [1.165, 1.54) is 238 Å². The Morgan fingerprint density at radius 3 is 0.701 bits per heavy atom. The Balaban J connectivity index is 5.23. The first kappa shape index (κ1) is 95.1. The van der Waals surface area contributed by atoms with Crippen LogP contribution in [-0.4, -0.2) is 96.7 Å². The lowest BCUT2D eigenvalue weighted by Crippen LogP contribution is -2.30. The van der Waals surface area contributed by atoms with Gasteiger partial charge in [-0.15, -0.1) is 0 Å². The molecule has 3 N–H and O–H groups in total. The van der Waals surface area contributed by atoms with Crippen molar-refractivity contribution in [2.45, 2.75) is 432 Å². The van der Waals surface area contributed by atoms with E-state index in [0.29, 0.717) is 25.7 Å². The lowest BCUT2D eigenvalue weighted by Gasteiger charge is -2.21. The molecule has 0 amide bonds. The smallest absolute Gasteiger partial charge is 0.462 e. The summed E-state index contributed by atoms with van der Waals surface area (Å²) < 4.78 is 68.6.